The molecule has 2 rings (SSSR count). The molecule has 1 saturated heterocycles. The first kappa shape index (κ1) is 10.5. The summed E-state index contributed by atoms with van der Waals surface area (Å²) in [6, 6.07) is 1.57. The molecule has 0 spiro atoms. The number of hydrogen-bond donors (Lipinski definition) is 1. The third-order valence-electron chi connectivity index (χ3n) is 2.60. The highest BCUT2D eigenvalue weighted by Gasteiger charge is 2.24. The van der Waals surface area contributed by atoms with Crippen LogP contribution in [0.3, 0.4) is 0 Å². The number of aliphatic hydroxyl groups is 1. The molecular weight excluding hydrogens is 218 g/mol. The van der Waals surface area contributed by atoms with Crippen LogP contribution in [0.2, 0.25) is 5.22 Å². The van der Waals surface area contributed by atoms with E-state index in [9.17, 15) is 9.90 Å². The van der Waals surface area contributed by atoms with E-state index < -0.39 is 0 Å². The smallest absolute Gasteiger partial charge is 0.258 e. The van der Waals surface area contributed by atoms with Gasteiger partial charge < -0.3 is 14.4 Å². The highest BCUT2D eigenvalue weighted by Crippen LogP contribution is 2.20. The van der Waals surface area contributed by atoms with E-state index >= 15 is 0 Å². The number of furan rings is 1. The minimum absolute atomic E-state index is 0.124. The maximum Gasteiger partial charge on any atom is 0.258 e. The highest BCUT2D eigenvalue weighted by molar-refractivity contribution is 6.32. The van der Waals surface area contributed by atoms with Crippen LogP contribution in [0.4, 0.5) is 0 Å². The first-order valence-corrected chi connectivity index (χ1v) is 5.26. The predicted octanol–water partition coefficient (Wildman–Crippen LogP) is 1.53. The lowest BCUT2D eigenvalue weighted by molar-refractivity contribution is 0.0546. The maximum atomic E-state index is 11.9. The van der Waals surface area contributed by atoms with Crippen LogP contribution in [0, 0.1) is 0 Å². The second-order valence-corrected chi connectivity index (χ2v) is 3.97. The molecular formula is C10H12ClNO3. The van der Waals surface area contributed by atoms with Gasteiger partial charge in [0.1, 0.15) is 0 Å². The molecule has 1 aromatic rings. The van der Waals surface area contributed by atoms with Crippen molar-refractivity contribution >= 4 is 17.5 Å². The fourth-order valence-electron chi connectivity index (χ4n) is 1.69. The Morgan fingerprint density at radius 2 is 2.20 bits per heavy atom. The van der Waals surface area contributed by atoms with Gasteiger partial charge in [-0.1, -0.05) is 0 Å². The number of halogens is 1. The molecule has 1 N–H and O–H groups in total. The van der Waals surface area contributed by atoms with Crippen LogP contribution >= 0.6 is 11.6 Å². The average molecular weight is 230 g/mol. The minimum Gasteiger partial charge on any atom is -0.452 e. The molecule has 2 heterocycles. The summed E-state index contributed by atoms with van der Waals surface area (Å²) >= 11 is 5.72. The minimum atomic E-state index is -0.283. The average Bonchev–Trinajstić information content (AvgIpc) is 2.65. The van der Waals surface area contributed by atoms with Gasteiger partial charge in [-0.15, -0.1) is 0 Å². The summed E-state index contributed by atoms with van der Waals surface area (Å²) in [5.74, 6) is -0.124. The Labute approximate surface area is 92.4 Å². The number of piperidine rings is 1. The third-order valence-corrected chi connectivity index (χ3v) is 2.89. The van der Waals surface area contributed by atoms with E-state index in [4.69, 9.17) is 16.0 Å². The molecule has 0 atom stereocenters. The van der Waals surface area contributed by atoms with E-state index in [0.29, 0.717) is 31.5 Å². The number of aliphatic hydroxyl groups excluding tert-OH is 1. The van der Waals surface area contributed by atoms with Gasteiger partial charge in [0.2, 0.25) is 5.22 Å². The van der Waals surface area contributed by atoms with Crippen molar-refractivity contribution in [3.63, 3.8) is 0 Å². The quantitative estimate of drug-likeness (QED) is 0.795. The first-order valence-electron chi connectivity index (χ1n) is 4.89. The zero-order chi connectivity index (χ0) is 10.8. The second-order valence-electron chi connectivity index (χ2n) is 3.63. The molecule has 1 aliphatic heterocycles. The van der Waals surface area contributed by atoms with Gasteiger partial charge in [-0.25, -0.2) is 0 Å². The predicted molar refractivity (Wildman–Crippen MR) is 54.9 cm³/mol. The van der Waals surface area contributed by atoms with Crippen molar-refractivity contribution < 1.29 is 14.3 Å². The van der Waals surface area contributed by atoms with E-state index in [1.54, 1.807) is 11.0 Å². The van der Waals surface area contributed by atoms with E-state index in [0.717, 1.165) is 0 Å². The fourth-order valence-corrected chi connectivity index (χ4v) is 1.88. The standard InChI is InChI=1S/C10H12ClNO3/c11-9-8(3-6-15-9)10(14)12-4-1-7(13)2-5-12/h3,6-7,13H,1-2,4-5H2. The first-order chi connectivity index (χ1) is 7.18. The van der Waals surface area contributed by atoms with Crippen LogP contribution < -0.4 is 0 Å². The van der Waals surface area contributed by atoms with Gasteiger partial charge in [0.15, 0.2) is 0 Å². The van der Waals surface area contributed by atoms with Gasteiger partial charge in [-0.3, -0.25) is 4.79 Å². The van der Waals surface area contributed by atoms with Crippen LogP contribution in [0.15, 0.2) is 16.7 Å². The van der Waals surface area contributed by atoms with Crippen LogP contribution in [-0.2, 0) is 0 Å². The molecule has 82 valence electrons. The summed E-state index contributed by atoms with van der Waals surface area (Å²) in [5, 5.41) is 9.44. The van der Waals surface area contributed by atoms with Crippen molar-refractivity contribution in [2.24, 2.45) is 0 Å². The van der Waals surface area contributed by atoms with Gasteiger partial charge in [-0.2, -0.15) is 0 Å². The highest BCUT2D eigenvalue weighted by atomic mass is 35.5. The lowest BCUT2D eigenvalue weighted by Crippen LogP contribution is -2.40. The zero-order valence-electron chi connectivity index (χ0n) is 8.15. The van der Waals surface area contributed by atoms with Gasteiger partial charge in [0.25, 0.3) is 5.91 Å². The summed E-state index contributed by atoms with van der Waals surface area (Å²) in [6.07, 6.45) is 2.37. The monoisotopic (exact) mass is 229 g/mol. The molecule has 1 fully saturated rings. The molecule has 4 nitrogen and oxygen atoms in total. The SMILES string of the molecule is O=C(c1ccoc1Cl)N1CCC(O)CC1. The Morgan fingerprint density at radius 3 is 2.73 bits per heavy atom. The van der Waals surface area contributed by atoms with Crippen LogP contribution in [-0.4, -0.2) is 35.1 Å². The Balaban J connectivity index is 2.06. The summed E-state index contributed by atoms with van der Waals surface area (Å²) < 4.78 is 4.87. The molecule has 1 aliphatic rings. The summed E-state index contributed by atoms with van der Waals surface area (Å²) in [7, 11) is 0. The van der Waals surface area contributed by atoms with Crippen molar-refractivity contribution in [1.82, 2.24) is 4.90 Å². The summed E-state index contributed by atoms with van der Waals surface area (Å²) in [6.45, 7) is 1.14. The lowest BCUT2D eigenvalue weighted by atomic mass is 10.1. The van der Waals surface area contributed by atoms with Crippen molar-refractivity contribution in [1.29, 1.82) is 0 Å². The Morgan fingerprint density at radius 1 is 1.53 bits per heavy atom. The number of carbonyl (C=O) groups is 1. The maximum absolute atomic E-state index is 11.9. The van der Waals surface area contributed by atoms with Gasteiger partial charge >= 0.3 is 0 Å². The largest absolute Gasteiger partial charge is 0.452 e. The summed E-state index contributed by atoms with van der Waals surface area (Å²) in [5.41, 5.74) is 0.396. The molecule has 0 aliphatic carbocycles. The van der Waals surface area contributed by atoms with Gasteiger partial charge in [0, 0.05) is 13.1 Å². The zero-order valence-corrected chi connectivity index (χ0v) is 8.91. The van der Waals surface area contributed by atoms with Crippen LogP contribution in [0.1, 0.15) is 23.2 Å². The van der Waals surface area contributed by atoms with Crippen molar-refractivity contribution in [2.75, 3.05) is 13.1 Å². The number of rotatable bonds is 1. The van der Waals surface area contributed by atoms with E-state index in [-0.39, 0.29) is 17.2 Å². The second kappa shape index (κ2) is 4.24. The van der Waals surface area contributed by atoms with Gasteiger partial charge in [-0.05, 0) is 30.5 Å². The van der Waals surface area contributed by atoms with Crippen molar-refractivity contribution in [3.05, 3.63) is 23.1 Å². The molecule has 1 aromatic heterocycles. The van der Waals surface area contributed by atoms with Crippen LogP contribution in [0.5, 0.6) is 0 Å². The number of likely N-dealkylation sites (tertiary alicyclic amines) is 1. The number of amides is 1. The van der Waals surface area contributed by atoms with E-state index in [1.165, 1.54) is 6.26 Å². The fraction of sp³-hybridized carbons (Fsp3) is 0.500. The molecule has 1 amide bonds. The van der Waals surface area contributed by atoms with Crippen LogP contribution in [0.25, 0.3) is 0 Å². The Kier molecular flexibility index (Phi) is 2.98. The normalized spacial score (nSPS) is 18.1. The number of hydrogen-bond acceptors (Lipinski definition) is 3. The molecule has 0 unspecified atom stereocenters. The van der Waals surface area contributed by atoms with Crippen molar-refractivity contribution in [2.45, 2.75) is 18.9 Å². The molecule has 5 heteroatoms. The van der Waals surface area contributed by atoms with E-state index in [2.05, 4.69) is 0 Å². The lowest BCUT2D eigenvalue weighted by Gasteiger charge is -2.29. The molecule has 0 radical (unpaired) electrons. The molecule has 0 saturated carbocycles. The number of nitrogens with zero attached hydrogens (tertiary/aromatic N) is 1. The Hall–Kier alpha value is -1.00. The van der Waals surface area contributed by atoms with E-state index in [1.807, 2.05) is 0 Å². The summed E-state index contributed by atoms with van der Waals surface area (Å²) in [4.78, 5) is 13.6. The third kappa shape index (κ3) is 2.16. The molecule has 0 aromatic carbocycles. The Bertz CT molecular complexity index is 355. The van der Waals surface area contributed by atoms with Gasteiger partial charge in [0.05, 0.1) is 17.9 Å². The topological polar surface area (TPSA) is 53.7 Å². The molecule has 0 bridgehead atoms. The number of carbonyl (C=O) groups excluding carboxylic acids is 1. The van der Waals surface area contributed by atoms with Crippen molar-refractivity contribution in [3.8, 4) is 0 Å². The molecule has 15 heavy (non-hydrogen) atoms.